The van der Waals surface area contributed by atoms with Crippen molar-refractivity contribution in [3.05, 3.63) is 23.8 Å². The van der Waals surface area contributed by atoms with Crippen molar-refractivity contribution >= 4 is 11.8 Å². The Labute approximate surface area is 112 Å². The van der Waals surface area contributed by atoms with Crippen LogP contribution in [-0.2, 0) is 19.1 Å². The van der Waals surface area contributed by atoms with Crippen LogP contribution in [-0.4, -0.2) is 29.6 Å². The van der Waals surface area contributed by atoms with Crippen LogP contribution in [0.15, 0.2) is 23.8 Å². The standard InChI is InChI=1S/C15H18O4/c1-8-5-4-6-15(3)13(19-15)12-10(7-11(8)16)9(2)14(17)18-12/h5,10,12-13H,2,4,6-7H2,1,3H3/t10-,12-,13-,15+/m0/s1. The van der Waals surface area contributed by atoms with Crippen molar-refractivity contribution in [1.82, 2.24) is 0 Å². The van der Waals surface area contributed by atoms with Crippen LogP contribution in [0.2, 0.25) is 0 Å². The topological polar surface area (TPSA) is 55.9 Å². The Morgan fingerprint density at radius 2 is 2.16 bits per heavy atom. The lowest BCUT2D eigenvalue weighted by Gasteiger charge is -2.18. The number of fused-ring (bicyclic) bond motifs is 3. The van der Waals surface area contributed by atoms with Gasteiger partial charge in [-0.05, 0) is 32.3 Å². The number of carbonyl (C=O) groups excluding carboxylic acids is 2. The molecule has 0 aromatic heterocycles. The predicted molar refractivity (Wildman–Crippen MR) is 68.4 cm³/mol. The van der Waals surface area contributed by atoms with Crippen molar-refractivity contribution in [3.8, 4) is 0 Å². The molecule has 2 aliphatic heterocycles. The number of allylic oxidation sites excluding steroid dienone is 2. The second-order valence-electron chi connectivity index (χ2n) is 5.91. The molecule has 0 amide bonds. The fourth-order valence-electron chi connectivity index (χ4n) is 3.06. The molecule has 0 N–H and O–H groups in total. The summed E-state index contributed by atoms with van der Waals surface area (Å²) < 4.78 is 11.1. The minimum atomic E-state index is -0.387. The predicted octanol–water partition coefficient (Wildman–Crippen LogP) is 1.94. The highest BCUT2D eigenvalue weighted by Gasteiger charge is 2.61. The molecule has 0 radical (unpaired) electrons. The zero-order valence-electron chi connectivity index (χ0n) is 11.3. The van der Waals surface area contributed by atoms with Gasteiger partial charge >= 0.3 is 5.97 Å². The molecule has 3 rings (SSSR count). The molecule has 1 aliphatic carbocycles. The van der Waals surface area contributed by atoms with E-state index in [9.17, 15) is 9.59 Å². The van der Waals surface area contributed by atoms with Crippen LogP contribution >= 0.6 is 0 Å². The number of esters is 1. The largest absolute Gasteiger partial charge is 0.455 e. The summed E-state index contributed by atoms with van der Waals surface area (Å²) in [5.41, 5.74) is 0.934. The number of epoxide rings is 1. The molecule has 4 nitrogen and oxygen atoms in total. The van der Waals surface area contributed by atoms with Crippen molar-refractivity contribution in [1.29, 1.82) is 0 Å². The van der Waals surface area contributed by atoms with Gasteiger partial charge in [0.1, 0.15) is 12.2 Å². The second-order valence-corrected chi connectivity index (χ2v) is 5.91. The van der Waals surface area contributed by atoms with Crippen LogP contribution in [0, 0.1) is 5.92 Å². The van der Waals surface area contributed by atoms with E-state index >= 15 is 0 Å². The Kier molecular flexibility index (Phi) is 2.68. The van der Waals surface area contributed by atoms with Crippen LogP contribution in [0.5, 0.6) is 0 Å². The average molecular weight is 262 g/mol. The first kappa shape index (κ1) is 12.6. The zero-order chi connectivity index (χ0) is 13.8. The Bertz CT molecular complexity index is 504. The molecule has 0 aromatic carbocycles. The molecule has 2 fully saturated rings. The van der Waals surface area contributed by atoms with E-state index in [1.165, 1.54) is 0 Å². The van der Waals surface area contributed by atoms with Gasteiger partial charge in [0.2, 0.25) is 0 Å². The monoisotopic (exact) mass is 262 g/mol. The number of ether oxygens (including phenoxy) is 2. The molecule has 0 saturated carbocycles. The molecule has 0 bridgehead atoms. The number of ketones is 1. The second kappa shape index (κ2) is 4.04. The van der Waals surface area contributed by atoms with Gasteiger partial charge in [0.05, 0.1) is 5.60 Å². The van der Waals surface area contributed by atoms with E-state index in [0.29, 0.717) is 5.57 Å². The SMILES string of the molecule is C=C1C(=O)O[C@H]2[C@H]1CC(=O)C(C)=CCC[C@@]1(C)O[C@@H]21. The maximum Gasteiger partial charge on any atom is 0.334 e. The summed E-state index contributed by atoms with van der Waals surface area (Å²) >= 11 is 0. The number of Topliss-reactive ketones (excluding diaryl/α,β-unsaturated/α-hetero) is 1. The molecular formula is C15H18O4. The fourth-order valence-corrected chi connectivity index (χ4v) is 3.06. The molecule has 19 heavy (non-hydrogen) atoms. The number of carbonyl (C=O) groups is 2. The molecule has 4 atom stereocenters. The lowest BCUT2D eigenvalue weighted by atomic mass is 9.83. The minimum Gasteiger partial charge on any atom is -0.455 e. The molecule has 2 heterocycles. The lowest BCUT2D eigenvalue weighted by molar-refractivity contribution is -0.140. The van der Waals surface area contributed by atoms with E-state index in [1.807, 2.05) is 19.9 Å². The summed E-state index contributed by atoms with van der Waals surface area (Å²) in [6.45, 7) is 7.64. The highest BCUT2D eigenvalue weighted by Crippen LogP contribution is 2.49. The van der Waals surface area contributed by atoms with E-state index < -0.39 is 0 Å². The first-order valence-corrected chi connectivity index (χ1v) is 6.70. The van der Waals surface area contributed by atoms with Gasteiger partial charge in [-0.2, -0.15) is 0 Å². The van der Waals surface area contributed by atoms with Crippen LogP contribution < -0.4 is 0 Å². The molecule has 3 aliphatic rings. The third-order valence-corrected chi connectivity index (χ3v) is 4.53. The number of hydrogen-bond acceptors (Lipinski definition) is 4. The van der Waals surface area contributed by atoms with Crippen molar-refractivity contribution in [2.75, 3.05) is 0 Å². The first-order valence-electron chi connectivity index (χ1n) is 6.70. The Balaban J connectivity index is 1.93. The minimum absolute atomic E-state index is 0.0682. The van der Waals surface area contributed by atoms with Gasteiger partial charge in [-0.25, -0.2) is 4.79 Å². The van der Waals surface area contributed by atoms with E-state index in [-0.39, 0.29) is 41.9 Å². The van der Waals surface area contributed by atoms with Gasteiger partial charge in [0.15, 0.2) is 5.78 Å². The van der Waals surface area contributed by atoms with E-state index in [4.69, 9.17) is 9.47 Å². The maximum atomic E-state index is 12.1. The van der Waals surface area contributed by atoms with Gasteiger partial charge < -0.3 is 9.47 Å². The number of hydrogen-bond donors (Lipinski definition) is 0. The Morgan fingerprint density at radius 1 is 1.42 bits per heavy atom. The van der Waals surface area contributed by atoms with E-state index in [2.05, 4.69) is 6.58 Å². The summed E-state index contributed by atoms with van der Waals surface area (Å²) in [5.74, 6) is -0.562. The molecule has 4 heteroatoms. The smallest absolute Gasteiger partial charge is 0.334 e. The molecule has 0 aromatic rings. The van der Waals surface area contributed by atoms with E-state index in [1.54, 1.807) is 0 Å². The van der Waals surface area contributed by atoms with Crippen molar-refractivity contribution in [2.45, 2.75) is 50.9 Å². The highest BCUT2D eigenvalue weighted by molar-refractivity contribution is 5.98. The highest BCUT2D eigenvalue weighted by atomic mass is 16.6. The van der Waals surface area contributed by atoms with Gasteiger partial charge in [-0.3, -0.25) is 4.79 Å². The van der Waals surface area contributed by atoms with Crippen LogP contribution in [0.4, 0.5) is 0 Å². The van der Waals surface area contributed by atoms with Crippen molar-refractivity contribution in [2.24, 2.45) is 5.92 Å². The summed E-state index contributed by atoms with van der Waals surface area (Å²) in [6, 6.07) is 0. The average Bonchev–Trinajstić information content (AvgIpc) is 2.95. The fraction of sp³-hybridized carbons (Fsp3) is 0.600. The zero-order valence-corrected chi connectivity index (χ0v) is 11.3. The Morgan fingerprint density at radius 3 is 2.89 bits per heavy atom. The van der Waals surface area contributed by atoms with E-state index in [0.717, 1.165) is 18.4 Å². The summed E-state index contributed by atoms with van der Waals surface area (Å²) in [5, 5.41) is 0. The lowest BCUT2D eigenvalue weighted by Crippen LogP contribution is -2.30. The van der Waals surface area contributed by atoms with Crippen LogP contribution in [0.3, 0.4) is 0 Å². The van der Waals surface area contributed by atoms with Gasteiger partial charge in [-0.15, -0.1) is 0 Å². The molecule has 2 saturated heterocycles. The third kappa shape index (κ3) is 1.94. The molecular weight excluding hydrogens is 244 g/mol. The molecule has 0 spiro atoms. The quantitative estimate of drug-likeness (QED) is 0.380. The van der Waals surface area contributed by atoms with Crippen molar-refractivity contribution in [3.63, 3.8) is 0 Å². The normalized spacial score (nSPS) is 42.1. The van der Waals surface area contributed by atoms with Crippen LogP contribution in [0.1, 0.15) is 33.1 Å². The summed E-state index contributed by atoms with van der Waals surface area (Å²) in [7, 11) is 0. The molecule has 0 unspecified atom stereocenters. The van der Waals surface area contributed by atoms with Crippen LogP contribution in [0.25, 0.3) is 0 Å². The first-order chi connectivity index (χ1) is 8.92. The van der Waals surface area contributed by atoms with Gasteiger partial charge in [0, 0.05) is 17.9 Å². The summed E-state index contributed by atoms with van der Waals surface area (Å²) in [4.78, 5) is 23.8. The summed E-state index contributed by atoms with van der Waals surface area (Å²) in [6.07, 6.45) is 3.47. The van der Waals surface area contributed by atoms with Crippen molar-refractivity contribution < 1.29 is 19.1 Å². The van der Waals surface area contributed by atoms with Gasteiger partial charge in [0.25, 0.3) is 0 Å². The maximum absolute atomic E-state index is 12.1. The number of rotatable bonds is 0. The van der Waals surface area contributed by atoms with Gasteiger partial charge in [-0.1, -0.05) is 12.7 Å². The molecule has 102 valence electrons. The third-order valence-electron chi connectivity index (χ3n) is 4.53. The Hall–Kier alpha value is -1.42.